The van der Waals surface area contributed by atoms with E-state index >= 15 is 0 Å². The maximum Gasteiger partial charge on any atom is 0.356 e. The number of fused-ring (bicyclic) bond motifs is 2. The van der Waals surface area contributed by atoms with Gasteiger partial charge in [-0.15, -0.1) is 0 Å². The van der Waals surface area contributed by atoms with Gasteiger partial charge in [0.25, 0.3) is 0 Å². The van der Waals surface area contributed by atoms with Crippen LogP contribution in [0.1, 0.15) is 5.56 Å². The van der Waals surface area contributed by atoms with E-state index in [1.165, 1.54) is 35.7 Å². The Kier molecular flexibility index (Phi) is 4.09. The molecule has 0 unspecified atom stereocenters. The smallest absolute Gasteiger partial charge is 0.356 e. The van der Waals surface area contributed by atoms with Crippen molar-refractivity contribution in [3.05, 3.63) is 42.0 Å². The molecule has 3 N–H and O–H groups in total. The van der Waals surface area contributed by atoms with Crippen molar-refractivity contribution in [3.8, 4) is 0 Å². The highest BCUT2D eigenvalue weighted by Crippen LogP contribution is 2.50. The number of rotatable bonds is 3. The lowest BCUT2D eigenvalue weighted by molar-refractivity contribution is -0.136. The number of aliphatic carboxylic acids is 1. The predicted molar refractivity (Wildman–Crippen MR) is 84.1 cm³/mol. The molecule has 0 amide bonds. The van der Waals surface area contributed by atoms with Crippen molar-refractivity contribution in [2.45, 2.75) is 26.0 Å². The van der Waals surface area contributed by atoms with Crippen molar-refractivity contribution in [3.63, 3.8) is 0 Å². The molecule has 1 heterocycles. The summed E-state index contributed by atoms with van der Waals surface area (Å²) in [7, 11) is -4.43. The van der Waals surface area contributed by atoms with Crippen LogP contribution in [-0.2, 0) is 15.8 Å². The van der Waals surface area contributed by atoms with E-state index in [0.717, 1.165) is 14.7 Å². The zero-order chi connectivity index (χ0) is 15.9. The lowest BCUT2D eigenvalue weighted by Gasteiger charge is -2.22. The highest BCUT2D eigenvalue weighted by atomic mass is 32.2. The maximum atomic E-state index is 11.5. The van der Waals surface area contributed by atoms with E-state index in [1.54, 1.807) is 0 Å². The molecule has 1 aliphatic heterocycles. The van der Waals surface area contributed by atoms with E-state index in [1.807, 2.05) is 24.3 Å². The minimum absolute atomic E-state index is 0.144. The van der Waals surface area contributed by atoms with Gasteiger partial charge in [0.1, 0.15) is 0 Å². The van der Waals surface area contributed by atoms with E-state index in [2.05, 4.69) is 0 Å². The fourth-order valence-corrected chi connectivity index (χ4v) is 5.27. The van der Waals surface area contributed by atoms with Crippen LogP contribution in [0.25, 0.3) is 0 Å². The Bertz CT molecular complexity index is 815. The largest absolute Gasteiger partial charge is 0.481 e. The summed E-state index contributed by atoms with van der Waals surface area (Å²) in [5.41, 5.74) is 0.426. The van der Waals surface area contributed by atoms with E-state index in [0.29, 0.717) is 10.5 Å². The minimum Gasteiger partial charge on any atom is -0.481 e. The molecule has 0 fully saturated rings. The zero-order valence-corrected chi connectivity index (χ0v) is 13.6. The summed E-state index contributed by atoms with van der Waals surface area (Å²) in [6, 6.07) is 10.4. The Morgan fingerprint density at radius 3 is 2.27 bits per heavy atom. The lowest BCUT2D eigenvalue weighted by atomic mass is 10.1. The van der Waals surface area contributed by atoms with E-state index < -0.39 is 13.6 Å². The summed E-state index contributed by atoms with van der Waals surface area (Å²) in [5.74, 6) is -1.03. The molecule has 8 heteroatoms. The third-order valence-corrected chi connectivity index (χ3v) is 6.64. The Morgan fingerprint density at radius 2 is 1.68 bits per heavy atom. The highest BCUT2D eigenvalue weighted by Gasteiger charge is 2.26. The van der Waals surface area contributed by atoms with E-state index in [9.17, 15) is 19.1 Å². The summed E-state index contributed by atoms with van der Waals surface area (Å²) in [6.07, 6.45) is -0.272. The zero-order valence-electron chi connectivity index (χ0n) is 11.1. The quantitative estimate of drug-likeness (QED) is 0.623. The topological polar surface area (TPSA) is 94.8 Å². The fraction of sp³-hybridized carbons (Fsp3) is 0.0714. The number of carbonyl (C=O) groups is 1. The van der Waals surface area contributed by atoms with Crippen LogP contribution >= 0.6 is 31.1 Å². The van der Waals surface area contributed by atoms with Gasteiger partial charge in [-0.3, -0.25) is 9.36 Å². The van der Waals surface area contributed by atoms with Crippen molar-refractivity contribution in [1.29, 1.82) is 0 Å². The third kappa shape index (κ3) is 3.09. The van der Waals surface area contributed by atoms with Crippen molar-refractivity contribution in [1.82, 2.24) is 0 Å². The van der Waals surface area contributed by atoms with Gasteiger partial charge in [0.15, 0.2) is 0 Å². The molecule has 0 atom stereocenters. The van der Waals surface area contributed by atoms with Gasteiger partial charge in [-0.1, -0.05) is 35.7 Å². The molecule has 0 aromatic heterocycles. The summed E-state index contributed by atoms with van der Waals surface area (Å²) < 4.78 is 11.5. The average Bonchev–Trinajstić information content (AvgIpc) is 2.43. The molecule has 0 saturated heterocycles. The van der Waals surface area contributed by atoms with Crippen LogP contribution in [-0.4, -0.2) is 20.9 Å². The molecule has 22 heavy (non-hydrogen) atoms. The SMILES string of the molecule is O=C(O)Cc1cc(P(=O)(O)O)cc2c1Sc1ccccc1S2. The fourth-order valence-electron chi connectivity index (χ4n) is 2.15. The lowest BCUT2D eigenvalue weighted by Crippen LogP contribution is -2.11. The third-order valence-electron chi connectivity index (χ3n) is 3.08. The number of benzene rings is 2. The molecular weight excluding hydrogens is 343 g/mol. The molecule has 0 radical (unpaired) electrons. The number of carboxylic acid groups (broad SMARTS) is 1. The average molecular weight is 354 g/mol. The van der Waals surface area contributed by atoms with Gasteiger partial charge >= 0.3 is 13.6 Å². The Hall–Kier alpha value is -1.24. The first-order chi connectivity index (χ1) is 10.3. The second-order valence-electron chi connectivity index (χ2n) is 4.70. The van der Waals surface area contributed by atoms with Gasteiger partial charge in [-0.2, -0.15) is 0 Å². The molecule has 0 saturated carbocycles. The molecular formula is C14H11O5PS2. The molecule has 2 aromatic rings. The van der Waals surface area contributed by atoms with E-state index in [-0.39, 0.29) is 11.7 Å². The van der Waals surface area contributed by atoms with Crippen LogP contribution in [0.15, 0.2) is 56.0 Å². The Labute approximate surface area is 134 Å². The molecule has 0 bridgehead atoms. The van der Waals surface area contributed by atoms with Gasteiger partial charge in [-0.05, 0) is 29.8 Å². The molecule has 5 nitrogen and oxygen atoms in total. The second kappa shape index (κ2) is 5.76. The Balaban J connectivity index is 2.15. The van der Waals surface area contributed by atoms with Crippen molar-refractivity contribution >= 4 is 42.4 Å². The van der Waals surface area contributed by atoms with Crippen molar-refractivity contribution in [2.75, 3.05) is 0 Å². The molecule has 0 aliphatic carbocycles. The summed E-state index contributed by atoms with van der Waals surface area (Å²) in [5, 5.41) is 8.90. The van der Waals surface area contributed by atoms with Gasteiger partial charge < -0.3 is 14.9 Å². The van der Waals surface area contributed by atoms with Crippen LogP contribution in [0, 0.1) is 0 Å². The summed E-state index contributed by atoms with van der Waals surface area (Å²) in [4.78, 5) is 33.3. The van der Waals surface area contributed by atoms with Crippen molar-refractivity contribution in [2.24, 2.45) is 0 Å². The maximum absolute atomic E-state index is 11.5. The van der Waals surface area contributed by atoms with Crippen LogP contribution in [0.2, 0.25) is 0 Å². The predicted octanol–water partition coefficient (Wildman–Crippen LogP) is 2.73. The summed E-state index contributed by atoms with van der Waals surface area (Å²) >= 11 is 2.83. The second-order valence-corrected chi connectivity index (χ2v) is 8.44. The summed E-state index contributed by atoms with van der Waals surface area (Å²) in [6.45, 7) is 0. The highest BCUT2D eigenvalue weighted by molar-refractivity contribution is 8.05. The molecule has 1 aliphatic rings. The standard InChI is InChI=1S/C14H11O5PS2/c15-13(16)6-8-5-9(20(17,18)19)7-12-14(8)22-11-4-2-1-3-10(11)21-12/h1-5,7H,6H2,(H,15,16)(H2,17,18,19). The van der Waals surface area contributed by atoms with Gasteiger partial charge in [0.2, 0.25) is 0 Å². The normalized spacial score (nSPS) is 13.4. The van der Waals surface area contributed by atoms with Crippen LogP contribution in [0.5, 0.6) is 0 Å². The molecule has 114 valence electrons. The monoisotopic (exact) mass is 354 g/mol. The molecule has 0 spiro atoms. The number of carboxylic acids is 1. The first-order valence-electron chi connectivity index (χ1n) is 6.24. The first kappa shape index (κ1) is 15.6. The van der Waals surface area contributed by atoms with Gasteiger partial charge in [-0.25, -0.2) is 0 Å². The van der Waals surface area contributed by atoms with Gasteiger partial charge in [0, 0.05) is 19.6 Å². The van der Waals surface area contributed by atoms with Crippen molar-refractivity contribution < 1.29 is 24.3 Å². The number of hydrogen-bond donors (Lipinski definition) is 3. The van der Waals surface area contributed by atoms with Crippen LogP contribution in [0.4, 0.5) is 0 Å². The minimum atomic E-state index is -4.43. The van der Waals surface area contributed by atoms with Crippen LogP contribution < -0.4 is 5.30 Å². The molecule has 3 rings (SSSR count). The van der Waals surface area contributed by atoms with E-state index in [4.69, 9.17) is 5.11 Å². The first-order valence-corrected chi connectivity index (χ1v) is 9.48. The molecule has 2 aromatic carbocycles. The van der Waals surface area contributed by atoms with Gasteiger partial charge in [0.05, 0.1) is 11.7 Å². The van der Waals surface area contributed by atoms with Crippen LogP contribution in [0.3, 0.4) is 0 Å². The number of hydrogen-bond acceptors (Lipinski definition) is 4. The Morgan fingerprint density at radius 1 is 1.05 bits per heavy atom.